The molecule has 0 radical (unpaired) electrons. The van der Waals surface area contributed by atoms with E-state index in [4.69, 9.17) is 18.6 Å². The molecule has 1 aliphatic heterocycles. The average molecular weight is 447 g/mol. The van der Waals surface area contributed by atoms with E-state index < -0.39 is 36.2 Å². The third-order valence-electron chi connectivity index (χ3n) is 4.81. The lowest BCUT2D eigenvalue weighted by molar-refractivity contribution is -0.0672. The highest BCUT2D eigenvalue weighted by atomic mass is 16.6. The maximum absolute atomic E-state index is 13.2. The second-order valence-corrected chi connectivity index (χ2v) is 8.12. The first kappa shape index (κ1) is 23.6. The van der Waals surface area contributed by atoms with E-state index in [9.17, 15) is 14.4 Å². The summed E-state index contributed by atoms with van der Waals surface area (Å²) in [5.74, 6) is 0. The number of carbonyl (C=O) groups excluding carboxylic acids is 2. The fourth-order valence-electron chi connectivity index (χ4n) is 3.50. The Bertz CT molecular complexity index is 1030. The van der Waals surface area contributed by atoms with E-state index in [1.807, 2.05) is 13.0 Å². The van der Waals surface area contributed by atoms with Crippen LogP contribution in [0.5, 0.6) is 0 Å². The van der Waals surface area contributed by atoms with Gasteiger partial charge in [-0.2, -0.15) is 10.0 Å². The molecule has 1 aromatic carbocycles. The van der Waals surface area contributed by atoms with Crippen LogP contribution in [0.3, 0.4) is 0 Å². The first-order valence-electron chi connectivity index (χ1n) is 10.9. The van der Waals surface area contributed by atoms with Crippen molar-refractivity contribution in [1.82, 2.24) is 5.01 Å². The Labute approximate surface area is 186 Å². The molecule has 0 saturated heterocycles. The standard InChI is InChI=1S/C23H30N2O7/c1-6-7-12-29-19-13-17-16-10-8-9-11-18(16)32-21(26)20(17)25(23(28)31-15(4)5)24(19)22(27)30-14(2)3/h8-11,14-15,19H,6-7,12-13H2,1-5H3. The van der Waals surface area contributed by atoms with Crippen molar-refractivity contribution in [2.75, 3.05) is 11.6 Å². The molecule has 1 atom stereocenters. The summed E-state index contributed by atoms with van der Waals surface area (Å²) in [7, 11) is 0. The Kier molecular flexibility index (Phi) is 7.40. The van der Waals surface area contributed by atoms with Gasteiger partial charge in [0.25, 0.3) is 0 Å². The van der Waals surface area contributed by atoms with E-state index in [0.29, 0.717) is 23.1 Å². The van der Waals surface area contributed by atoms with Gasteiger partial charge in [-0.1, -0.05) is 31.5 Å². The van der Waals surface area contributed by atoms with Gasteiger partial charge in [0.15, 0.2) is 11.9 Å². The molecule has 0 aliphatic carbocycles. The van der Waals surface area contributed by atoms with E-state index in [-0.39, 0.29) is 12.1 Å². The number of rotatable bonds is 6. The molecule has 0 bridgehead atoms. The minimum atomic E-state index is -0.895. The summed E-state index contributed by atoms with van der Waals surface area (Å²) >= 11 is 0. The number of amides is 2. The molecular formula is C23H30N2O7. The van der Waals surface area contributed by atoms with Crippen LogP contribution in [0.25, 0.3) is 11.0 Å². The summed E-state index contributed by atoms with van der Waals surface area (Å²) < 4.78 is 22.2. The first-order valence-corrected chi connectivity index (χ1v) is 10.9. The van der Waals surface area contributed by atoms with E-state index in [1.54, 1.807) is 45.9 Å². The van der Waals surface area contributed by atoms with Crippen molar-refractivity contribution in [1.29, 1.82) is 0 Å². The number of benzene rings is 1. The van der Waals surface area contributed by atoms with Crippen molar-refractivity contribution in [3.05, 3.63) is 40.2 Å². The Morgan fingerprint density at radius 2 is 1.75 bits per heavy atom. The Morgan fingerprint density at radius 3 is 2.41 bits per heavy atom. The average Bonchev–Trinajstić information content (AvgIpc) is 2.72. The quantitative estimate of drug-likeness (QED) is 0.472. The van der Waals surface area contributed by atoms with Gasteiger partial charge in [-0.15, -0.1) is 0 Å². The van der Waals surface area contributed by atoms with Gasteiger partial charge in [0.2, 0.25) is 0 Å². The summed E-state index contributed by atoms with van der Waals surface area (Å²) in [4.78, 5) is 39.2. The lowest BCUT2D eigenvalue weighted by Gasteiger charge is -2.42. The fraction of sp³-hybridized carbons (Fsp3) is 0.522. The monoisotopic (exact) mass is 446 g/mol. The number of para-hydroxylation sites is 1. The van der Waals surface area contributed by atoms with Crippen LogP contribution in [0.2, 0.25) is 0 Å². The van der Waals surface area contributed by atoms with E-state index >= 15 is 0 Å². The smallest absolute Gasteiger partial charge is 0.434 e. The van der Waals surface area contributed by atoms with Gasteiger partial charge in [0.05, 0.1) is 12.2 Å². The number of fused-ring (bicyclic) bond motifs is 3. The number of hydrazine groups is 1. The minimum Gasteiger partial charge on any atom is -0.445 e. The largest absolute Gasteiger partial charge is 0.445 e. The third kappa shape index (κ3) is 4.88. The molecule has 9 nitrogen and oxygen atoms in total. The van der Waals surface area contributed by atoms with Crippen molar-refractivity contribution >= 4 is 28.8 Å². The molecule has 0 fully saturated rings. The Morgan fingerprint density at radius 1 is 1.09 bits per heavy atom. The molecule has 2 heterocycles. The van der Waals surface area contributed by atoms with E-state index in [2.05, 4.69) is 0 Å². The lowest BCUT2D eigenvalue weighted by Crippen LogP contribution is -2.61. The van der Waals surface area contributed by atoms with Crippen LogP contribution in [0.4, 0.5) is 15.3 Å². The molecule has 9 heteroatoms. The second kappa shape index (κ2) is 10.0. The Hall–Kier alpha value is -3.07. The topological polar surface area (TPSA) is 98.5 Å². The van der Waals surface area contributed by atoms with Crippen LogP contribution in [0.1, 0.15) is 53.0 Å². The van der Waals surface area contributed by atoms with Gasteiger partial charge in [-0.05, 0) is 40.2 Å². The van der Waals surface area contributed by atoms with Crippen molar-refractivity contribution in [2.45, 2.75) is 72.3 Å². The number of ether oxygens (including phenoxy) is 3. The van der Waals surface area contributed by atoms with Crippen LogP contribution < -0.4 is 10.6 Å². The fourth-order valence-corrected chi connectivity index (χ4v) is 3.50. The van der Waals surface area contributed by atoms with Crippen molar-refractivity contribution in [3.8, 4) is 0 Å². The zero-order valence-corrected chi connectivity index (χ0v) is 19.1. The van der Waals surface area contributed by atoms with Crippen molar-refractivity contribution in [3.63, 3.8) is 0 Å². The maximum Gasteiger partial charge on any atom is 0.434 e. The molecule has 1 unspecified atom stereocenters. The molecule has 1 aliphatic rings. The predicted octanol–water partition coefficient (Wildman–Crippen LogP) is 4.61. The highest BCUT2D eigenvalue weighted by Crippen LogP contribution is 2.35. The number of anilines is 1. The number of nitrogens with zero attached hydrogens (tertiary/aromatic N) is 2. The van der Waals surface area contributed by atoms with Crippen LogP contribution >= 0.6 is 0 Å². The van der Waals surface area contributed by atoms with Gasteiger partial charge in [-0.25, -0.2) is 14.4 Å². The van der Waals surface area contributed by atoms with Gasteiger partial charge < -0.3 is 18.6 Å². The molecule has 1 aromatic heterocycles. The van der Waals surface area contributed by atoms with Crippen LogP contribution in [0.15, 0.2) is 33.5 Å². The molecule has 0 saturated carbocycles. The van der Waals surface area contributed by atoms with Crippen molar-refractivity contribution < 1.29 is 28.2 Å². The SMILES string of the molecule is CCCCOC1Cc2c(c(=O)oc3ccccc23)N(C(=O)OC(C)C)N1C(=O)OC(C)C. The molecule has 32 heavy (non-hydrogen) atoms. The second-order valence-electron chi connectivity index (χ2n) is 8.12. The summed E-state index contributed by atoms with van der Waals surface area (Å²) in [6.07, 6.45) is -1.67. The van der Waals surface area contributed by atoms with Gasteiger partial charge >= 0.3 is 17.8 Å². The van der Waals surface area contributed by atoms with Crippen molar-refractivity contribution in [2.24, 2.45) is 0 Å². The zero-order chi connectivity index (χ0) is 23.4. The van der Waals surface area contributed by atoms with E-state index in [1.165, 1.54) is 0 Å². The van der Waals surface area contributed by atoms with E-state index in [0.717, 1.165) is 22.9 Å². The molecule has 0 N–H and O–H groups in total. The number of carbonyl (C=O) groups is 2. The van der Waals surface area contributed by atoms with Gasteiger partial charge in [0, 0.05) is 24.0 Å². The molecular weight excluding hydrogens is 416 g/mol. The Balaban J connectivity index is 2.20. The van der Waals surface area contributed by atoms with Crippen LogP contribution in [0, 0.1) is 0 Å². The molecule has 2 amide bonds. The highest BCUT2D eigenvalue weighted by molar-refractivity contribution is 5.96. The number of unbranched alkanes of at least 4 members (excludes halogenated alkanes) is 1. The van der Waals surface area contributed by atoms with Crippen LogP contribution in [-0.2, 0) is 20.6 Å². The summed E-state index contributed by atoms with van der Waals surface area (Å²) in [6, 6.07) is 7.05. The normalized spacial score (nSPS) is 15.9. The lowest BCUT2D eigenvalue weighted by atomic mass is 10.0. The maximum atomic E-state index is 13.2. The first-order chi connectivity index (χ1) is 15.2. The third-order valence-corrected chi connectivity index (χ3v) is 4.81. The highest BCUT2D eigenvalue weighted by Gasteiger charge is 2.45. The minimum absolute atomic E-state index is 0.0783. The van der Waals surface area contributed by atoms with Gasteiger partial charge in [-0.3, -0.25) is 0 Å². The van der Waals surface area contributed by atoms with Gasteiger partial charge in [0.1, 0.15) is 5.58 Å². The summed E-state index contributed by atoms with van der Waals surface area (Å²) in [6.45, 7) is 9.14. The van der Waals surface area contributed by atoms with Crippen LogP contribution in [-0.4, -0.2) is 42.2 Å². The summed E-state index contributed by atoms with van der Waals surface area (Å²) in [5.41, 5.74) is 0.103. The zero-order valence-electron chi connectivity index (χ0n) is 19.1. The number of hydrogen-bond donors (Lipinski definition) is 0. The molecule has 3 rings (SSSR count). The number of hydrogen-bond acceptors (Lipinski definition) is 7. The predicted molar refractivity (Wildman–Crippen MR) is 118 cm³/mol. The summed E-state index contributed by atoms with van der Waals surface area (Å²) in [5, 5.41) is 2.58. The molecule has 0 spiro atoms. The molecule has 174 valence electrons. The molecule has 2 aromatic rings.